The van der Waals surface area contributed by atoms with E-state index < -0.39 is 10.0 Å². The number of rotatable bonds is 6. The van der Waals surface area contributed by atoms with Crippen molar-refractivity contribution < 1.29 is 17.9 Å². The van der Waals surface area contributed by atoms with E-state index in [2.05, 4.69) is 20.6 Å². The van der Waals surface area contributed by atoms with E-state index in [1.165, 1.54) is 12.8 Å². The standard InChI is InChI=1S/C28H37N7O4S/c1-20-8-9-22(31-40(2,37)38)21(17-20)28(36)34-12-4-3-7-24(34)23-18-26-29-25(32-10-5-6-11-32)19-27(35(26)30-23)33-13-15-39-16-14-33/h8-9,17-19,24,31H,3-7,10-16H2,1-2H3/t24-/m0/s1. The molecule has 1 amide bonds. The van der Waals surface area contributed by atoms with E-state index in [1.54, 1.807) is 18.2 Å². The lowest BCUT2D eigenvalue weighted by Gasteiger charge is -2.35. The molecule has 5 heterocycles. The molecule has 214 valence electrons. The summed E-state index contributed by atoms with van der Waals surface area (Å²) in [6, 6.07) is 9.14. The molecule has 0 saturated carbocycles. The quantitative estimate of drug-likeness (QED) is 0.483. The summed E-state index contributed by atoms with van der Waals surface area (Å²) in [7, 11) is -3.55. The number of carbonyl (C=O) groups is 1. The van der Waals surface area contributed by atoms with Crippen LogP contribution in [0, 0.1) is 6.92 Å². The van der Waals surface area contributed by atoms with Gasteiger partial charge in [-0.3, -0.25) is 9.52 Å². The van der Waals surface area contributed by atoms with E-state index in [0.717, 1.165) is 80.2 Å². The molecular weight excluding hydrogens is 530 g/mol. The number of amides is 1. The van der Waals surface area contributed by atoms with Gasteiger partial charge in [0.25, 0.3) is 5.91 Å². The molecule has 0 radical (unpaired) electrons. The smallest absolute Gasteiger partial charge is 0.256 e. The van der Waals surface area contributed by atoms with Gasteiger partial charge in [0.05, 0.1) is 42.5 Å². The van der Waals surface area contributed by atoms with Gasteiger partial charge in [0.1, 0.15) is 11.6 Å². The van der Waals surface area contributed by atoms with Crippen LogP contribution in [0.15, 0.2) is 30.3 Å². The third-order valence-corrected chi connectivity index (χ3v) is 8.58. The maximum absolute atomic E-state index is 14.0. The number of benzene rings is 1. The van der Waals surface area contributed by atoms with Crippen molar-refractivity contribution in [1.29, 1.82) is 0 Å². The minimum atomic E-state index is -3.55. The van der Waals surface area contributed by atoms with Gasteiger partial charge in [0.15, 0.2) is 5.65 Å². The molecule has 1 aromatic carbocycles. The van der Waals surface area contributed by atoms with Gasteiger partial charge in [-0.2, -0.15) is 9.61 Å². The number of anilines is 3. The maximum atomic E-state index is 14.0. The van der Waals surface area contributed by atoms with Gasteiger partial charge in [0, 0.05) is 44.9 Å². The number of nitrogens with one attached hydrogen (secondary N) is 1. The first-order valence-electron chi connectivity index (χ1n) is 14.1. The zero-order chi connectivity index (χ0) is 27.9. The minimum Gasteiger partial charge on any atom is -0.378 e. The normalized spacial score (nSPS) is 20.4. The summed E-state index contributed by atoms with van der Waals surface area (Å²) in [5, 5.41) is 5.05. The third kappa shape index (κ3) is 5.46. The van der Waals surface area contributed by atoms with Gasteiger partial charge in [-0.15, -0.1) is 0 Å². The highest BCUT2D eigenvalue weighted by Crippen LogP contribution is 2.35. The molecule has 0 aliphatic carbocycles. The van der Waals surface area contributed by atoms with E-state index in [1.807, 2.05) is 22.4 Å². The maximum Gasteiger partial charge on any atom is 0.256 e. The highest BCUT2D eigenvalue weighted by Gasteiger charge is 2.33. The van der Waals surface area contributed by atoms with Crippen molar-refractivity contribution in [3.8, 4) is 0 Å². The van der Waals surface area contributed by atoms with E-state index in [4.69, 9.17) is 14.8 Å². The number of ether oxygens (including phenoxy) is 1. The van der Waals surface area contributed by atoms with Crippen LogP contribution in [0.5, 0.6) is 0 Å². The van der Waals surface area contributed by atoms with Crippen LogP contribution in [0.2, 0.25) is 0 Å². The summed E-state index contributed by atoms with van der Waals surface area (Å²) in [6.45, 7) is 7.37. The number of carbonyl (C=O) groups excluding carboxylic acids is 1. The molecular formula is C28H37N7O4S. The molecule has 3 aliphatic heterocycles. The van der Waals surface area contributed by atoms with Crippen molar-refractivity contribution in [2.75, 3.05) is 66.7 Å². The van der Waals surface area contributed by atoms with E-state index in [0.29, 0.717) is 31.0 Å². The van der Waals surface area contributed by atoms with Crippen LogP contribution in [0.4, 0.5) is 17.3 Å². The average molecular weight is 568 g/mol. The molecule has 40 heavy (non-hydrogen) atoms. The number of piperidine rings is 1. The molecule has 3 aromatic rings. The van der Waals surface area contributed by atoms with Gasteiger partial charge in [-0.25, -0.2) is 13.4 Å². The molecule has 0 spiro atoms. The summed E-state index contributed by atoms with van der Waals surface area (Å²) in [5.74, 6) is 1.76. The summed E-state index contributed by atoms with van der Waals surface area (Å²) in [6.07, 6.45) is 6.07. The molecule has 6 rings (SSSR count). The fraction of sp³-hybridized carbons (Fsp3) is 0.536. The summed E-state index contributed by atoms with van der Waals surface area (Å²) >= 11 is 0. The monoisotopic (exact) mass is 567 g/mol. The lowest BCUT2D eigenvalue weighted by Crippen LogP contribution is -2.39. The van der Waals surface area contributed by atoms with Crippen LogP contribution in [0.1, 0.15) is 59.8 Å². The van der Waals surface area contributed by atoms with Crippen LogP contribution in [-0.4, -0.2) is 86.0 Å². The zero-order valence-electron chi connectivity index (χ0n) is 23.2. The zero-order valence-corrected chi connectivity index (χ0v) is 24.0. The Kier molecular flexibility index (Phi) is 7.30. The Bertz CT molecular complexity index is 1510. The molecule has 2 aromatic heterocycles. The molecule has 0 bridgehead atoms. The topological polar surface area (TPSA) is 112 Å². The molecule has 0 unspecified atom stereocenters. The van der Waals surface area contributed by atoms with Gasteiger partial charge in [0.2, 0.25) is 10.0 Å². The number of aromatic nitrogens is 3. The largest absolute Gasteiger partial charge is 0.378 e. The van der Waals surface area contributed by atoms with Crippen molar-refractivity contribution in [2.45, 2.75) is 45.1 Å². The van der Waals surface area contributed by atoms with Crippen molar-refractivity contribution >= 4 is 38.9 Å². The first kappa shape index (κ1) is 26.8. The lowest BCUT2D eigenvalue weighted by molar-refractivity contribution is 0.0606. The third-order valence-electron chi connectivity index (χ3n) is 7.98. The molecule has 3 saturated heterocycles. The summed E-state index contributed by atoms with van der Waals surface area (Å²) in [5.41, 5.74) is 3.11. The Morgan fingerprint density at radius 1 is 0.975 bits per heavy atom. The number of morpholine rings is 1. The predicted molar refractivity (Wildman–Crippen MR) is 155 cm³/mol. The highest BCUT2D eigenvalue weighted by atomic mass is 32.2. The molecule has 12 heteroatoms. The average Bonchev–Trinajstić information content (AvgIpc) is 3.63. The van der Waals surface area contributed by atoms with Gasteiger partial charge < -0.3 is 19.4 Å². The number of aryl methyl sites for hydroxylation is 1. The highest BCUT2D eigenvalue weighted by molar-refractivity contribution is 7.92. The lowest BCUT2D eigenvalue weighted by atomic mass is 9.97. The second-order valence-electron chi connectivity index (χ2n) is 11.0. The van der Waals surface area contributed by atoms with Crippen LogP contribution in [0.3, 0.4) is 0 Å². The van der Waals surface area contributed by atoms with E-state index in [9.17, 15) is 13.2 Å². The summed E-state index contributed by atoms with van der Waals surface area (Å²) in [4.78, 5) is 25.5. The van der Waals surface area contributed by atoms with Crippen LogP contribution in [-0.2, 0) is 14.8 Å². The van der Waals surface area contributed by atoms with Gasteiger partial charge >= 0.3 is 0 Å². The fourth-order valence-corrected chi connectivity index (χ4v) is 6.59. The first-order chi connectivity index (χ1) is 19.3. The van der Waals surface area contributed by atoms with Gasteiger partial charge in [-0.05, 0) is 51.2 Å². The Labute approximate surface area is 235 Å². The fourth-order valence-electron chi connectivity index (χ4n) is 6.01. The van der Waals surface area contributed by atoms with Crippen molar-refractivity contribution in [1.82, 2.24) is 19.5 Å². The van der Waals surface area contributed by atoms with E-state index in [-0.39, 0.29) is 11.9 Å². The van der Waals surface area contributed by atoms with Crippen LogP contribution >= 0.6 is 0 Å². The number of fused-ring (bicyclic) bond motifs is 1. The minimum absolute atomic E-state index is 0.198. The number of sulfonamides is 1. The molecule has 11 nitrogen and oxygen atoms in total. The van der Waals surface area contributed by atoms with Crippen molar-refractivity contribution in [2.24, 2.45) is 0 Å². The second kappa shape index (κ2) is 10.9. The summed E-state index contributed by atoms with van der Waals surface area (Å²) < 4.78 is 34.1. The van der Waals surface area contributed by atoms with Crippen LogP contribution in [0.25, 0.3) is 5.65 Å². The SMILES string of the molecule is Cc1ccc(NS(C)(=O)=O)c(C(=O)N2CCCC[C@H]2c2cc3nc(N4CCCC4)cc(N4CCOCC4)n3n2)c1. The van der Waals surface area contributed by atoms with E-state index >= 15 is 0 Å². The van der Waals surface area contributed by atoms with Gasteiger partial charge in [-0.1, -0.05) is 11.6 Å². The Morgan fingerprint density at radius 3 is 2.48 bits per heavy atom. The first-order valence-corrected chi connectivity index (χ1v) is 16.0. The van der Waals surface area contributed by atoms with Crippen LogP contribution < -0.4 is 14.5 Å². The molecule has 3 aliphatic rings. The molecule has 1 N–H and O–H groups in total. The number of likely N-dealkylation sites (tertiary alicyclic amines) is 1. The number of hydrogen-bond acceptors (Lipinski definition) is 8. The van der Waals surface area contributed by atoms with Crippen molar-refractivity contribution in [3.05, 3.63) is 47.2 Å². The molecule has 3 fully saturated rings. The molecule has 1 atom stereocenters. The number of hydrogen-bond donors (Lipinski definition) is 1. The van der Waals surface area contributed by atoms with Crippen molar-refractivity contribution in [3.63, 3.8) is 0 Å². The predicted octanol–water partition coefficient (Wildman–Crippen LogP) is 3.21. The Balaban J connectivity index is 1.39. The Morgan fingerprint density at radius 2 is 1.73 bits per heavy atom. The Hall–Kier alpha value is -3.38. The number of nitrogens with zero attached hydrogens (tertiary/aromatic N) is 6. The second-order valence-corrected chi connectivity index (χ2v) is 12.8.